The smallest absolute Gasteiger partial charge is 0.211 e. The summed E-state index contributed by atoms with van der Waals surface area (Å²) in [5.74, 6) is 2.60. The van der Waals surface area contributed by atoms with Gasteiger partial charge in [0, 0.05) is 35.7 Å². The highest BCUT2D eigenvalue weighted by atomic mass is 16.5. The van der Waals surface area contributed by atoms with Crippen molar-refractivity contribution >= 4 is 17.2 Å². The first-order valence-corrected chi connectivity index (χ1v) is 11.1. The molecule has 33 heavy (non-hydrogen) atoms. The minimum absolute atomic E-state index is 0.0211. The largest absolute Gasteiger partial charge is 0.493 e. The van der Waals surface area contributed by atoms with Gasteiger partial charge in [-0.1, -0.05) is 0 Å². The maximum atomic E-state index is 10.0. The van der Waals surface area contributed by atoms with E-state index in [0.717, 1.165) is 48.0 Å². The zero-order valence-corrected chi connectivity index (χ0v) is 18.6. The second-order valence-electron chi connectivity index (χ2n) is 8.47. The number of aryl methyl sites for hydroxylation is 2. The summed E-state index contributed by atoms with van der Waals surface area (Å²) in [4.78, 5) is 12.7. The maximum absolute atomic E-state index is 10.0. The van der Waals surface area contributed by atoms with E-state index in [4.69, 9.17) is 4.74 Å². The molecule has 0 radical (unpaired) electrons. The molecule has 170 valence electrons. The van der Waals surface area contributed by atoms with Gasteiger partial charge in [-0.25, -0.2) is 19.5 Å². The molecule has 1 aliphatic rings. The summed E-state index contributed by atoms with van der Waals surface area (Å²) < 4.78 is 8.00. The van der Waals surface area contributed by atoms with Crippen molar-refractivity contribution < 1.29 is 14.9 Å². The van der Waals surface area contributed by atoms with Crippen LogP contribution in [0.4, 0.5) is 11.6 Å². The van der Waals surface area contributed by atoms with Gasteiger partial charge in [0.05, 0.1) is 23.9 Å². The standard InChI is InChI=1S/C24H26N6O3/c1-14-9-22(27-15(2)26-14)28-23-11-17-10-16(7-8-30(17)29-23)20-12-24(32)25-13-21(20)33-19-5-3-18(31)4-6-19/h7-13,18-19,31H,3-6H2,1-2H3,(H,25,32)(H,26,27,28,29). The first-order valence-electron chi connectivity index (χ1n) is 11.1. The van der Waals surface area contributed by atoms with E-state index in [-0.39, 0.29) is 18.1 Å². The Morgan fingerprint density at radius 1 is 1.03 bits per heavy atom. The molecule has 0 unspecified atom stereocenters. The topological polar surface area (TPSA) is 118 Å². The number of aromatic nitrogens is 5. The monoisotopic (exact) mass is 446 g/mol. The molecular weight excluding hydrogens is 420 g/mol. The van der Waals surface area contributed by atoms with Crippen molar-refractivity contribution in [3.8, 4) is 22.8 Å². The first-order chi connectivity index (χ1) is 15.9. The Bertz CT molecular complexity index is 1280. The molecule has 0 bridgehead atoms. The number of nitrogens with one attached hydrogen (secondary N) is 1. The molecule has 0 atom stereocenters. The number of hydrogen-bond acceptors (Lipinski definition) is 8. The summed E-state index contributed by atoms with van der Waals surface area (Å²) in [5.41, 5.74) is 3.40. The van der Waals surface area contributed by atoms with E-state index in [1.807, 2.05) is 44.3 Å². The molecule has 9 nitrogen and oxygen atoms in total. The summed E-state index contributed by atoms with van der Waals surface area (Å²) in [6.07, 6.45) is 6.24. The van der Waals surface area contributed by atoms with Gasteiger partial charge in [-0.3, -0.25) is 0 Å². The first kappa shape index (κ1) is 21.1. The Morgan fingerprint density at radius 3 is 2.64 bits per heavy atom. The molecule has 5 rings (SSSR count). The Labute approximate surface area is 191 Å². The summed E-state index contributed by atoms with van der Waals surface area (Å²) in [6, 6.07) is 9.33. The van der Waals surface area contributed by atoms with Gasteiger partial charge in [0.2, 0.25) is 5.88 Å². The molecule has 0 saturated heterocycles. The van der Waals surface area contributed by atoms with Gasteiger partial charge in [0.1, 0.15) is 17.4 Å². The van der Waals surface area contributed by atoms with E-state index in [0.29, 0.717) is 23.2 Å². The highest BCUT2D eigenvalue weighted by Crippen LogP contribution is 2.35. The van der Waals surface area contributed by atoms with Gasteiger partial charge in [-0.15, -0.1) is 0 Å². The van der Waals surface area contributed by atoms with Gasteiger partial charge >= 0.3 is 0 Å². The number of aromatic hydroxyl groups is 1. The number of hydrogen-bond donors (Lipinski definition) is 3. The van der Waals surface area contributed by atoms with Crippen LogP contribution in [0.3, 0.4) is 0 Å². The van der Waals surface area contributed by atoms with Crippen LogP contribution in [0.2, 0.25) is 0 Å². The number of rotatable bonds is 5. The Kier molecular flexibility index (Phi) is 5.55. The van der Waals surface area contributed by atoms with E-state index < -0.39 is 0 Å². The number of anilines is 2. The van der Waals surface area contributed by atoms with Gasteiger partial charge in [-0.05, 0) is 57.2 Å². The van der Waals surface area contributed by atoms with Crippen LogP contribution in [0.15, 0.2) is 42.7 Å². The molecular formula is C24H26N6O3. The number of pyridine rings is 2. The molecule has 0 amide bonds. The maximum Gasteiger partial charge on any atom is 0.211 e. The van der Waals surface area contributed by atoms with Crippen molar-refractivity contribution in [2.45, 2.75) is 51.7 Å². The Hall–Kier alpha value is -3.72. The predicted octanol–water partition coefficient (Wildman–Crippen LogP) is 3.93. The van der Waals surface area contributed by atoms with Crippen molar-refractivity contribution in [1.82, 2.24) is 24.6 Å². The van der Waals surface area contributed by atoms with Crippen LogP contribution in [-0.2, 0) is 0 Å². The molecule has 1 aliphatic carbocycles. The second-order valence-corrected chi connectivity index (χ2v) is 8.47. The Morgan fingerprint density at radius 2 is 1.85 bits per heavy atom. The second kappa shape index (κ2) is 8.67. The van der Waals surface area contributed by atoms with Crippen LogP contribution in [0.1, 0.15) is 37.2 Å². The van der Waals surface area contributed by atoms with Gasteiger partial charge < -0.3 is 20.3 Å². The van der Waals surface area contributed by atoms with Gasteiger partial charge in [-0.2, -0.15) is 5.10 Å². The van der Waals surface area contributed by atoms with Crippen molar-refractivity contribution in [3.63, 3.8) is 0 Å². The van der Waals surface area contributed by atoms with Gasteiger partial charge in [0.25, 0.3) is 0 Å². The lowest BCUT2D eigenvalue weighted by molar-refractivity contribution is 0.0666. The number of aliphatic hydroxyl groups is 1. The molecule has 4 heterocycles. The van der Waals surface area contributed by atoms with E-state index >= 15 is 0 Å². The molecule has 4 aromatic heterocycles. The molecule has 1 fully saturated rings. The average molecular weight is 447 g/mol. The third-order valence-electron chi connectivity index (χ3n) is 5.79. The molecule has 0 spiro atoms. The zero-order valence-electron chi connectivity index (χ0n) is 18.6. The number of nitrogens with zero attached hydrogens (tertiary/aromatic N) is 5. The predicted molar refractivity (Wildman–Crippen MR) is 124 cm³/mol. The van der Waals surface area contributed by atoms with Crippen molar-refractivity contribution in [2.24, 2.45) is 0 Å². The van der Waals surface area contributed by atoms with E-state index in [9.17, 15) is 10.2 Å². The van der Waals surface area contributed by atoms with Crippen LogP contribution in [0.5, 0.6) is 11.6 Å². The van der Waals surface area contributed by atoms with Crippen molar-refractivity contribution in [1.29, 1.82) is 0 Å². The van der Waals surface area contributed by atoms with Crippen LogP contribution < -0.4 is 10.1 Å². The number of fused-ring (bicyclic) bond motifs is 1. The van der Waals surface area contributed by atoms with Crippen molar-refractivity contribution in [2.75, 3.05) is 5.32 Å². The van der Waals surface area contributed by atoms with Crippen LogP contribution in [-0.4, -0.2) is 47.0 Å². The fourth-order valence-electron chi connectivity index (χ4n) is 4.23. The third-order valence-corrected chi connectivity index (χ3v) is 5.79. The minimum atomic E-state index is -0.246. The molecule has 3 N–H and O–H groups in total. The van der Waals surface area contributed by atoms with Crippen LogP contribution in [0, 0.1) is 13.8 Å². The number of aliphatic hydroxyl groups excluding tert-OH is 1. The SMILES string of the molecule is Cc1cc(Nc2cc3cc(-c4cc(O)ncc4OC4CCC(O)CC4)ccn3n2)nc(C)n1. The summed E-state index contributed by atoms with van der Waals surface area (Å²) in [6.45, 7) is 3.78. The molecule has 0 aromatic carbocycles. The average Bonchev–Trinajstić information content (AvgIpc) is 3.17. The lowest BCUT2D eigenvalue weighted by Gasteiger charge is -2.27. The zero-order chi connectivity index (χ0) is 22.9. The molecule has 0 aliphatic heterocycles. The van der Waals surface area contributed by atoms with E-state index in [1.165, 1.54) is 0 Å². The van der Waals surface area contributed by atoms with E-state index in [2.05, 4.69) is 25.4 Å². The Balaban J connectivity index is 1.43. The lowest BCUT2D eigenvalue weighted by Crippen LogP contribution is -2.26. The normalized spacial score (nSPS) is 18.4. The minimum Gasteiger partial charge on any atom is -0.493 e. The quantitative estimate of drug-likeness (QED) is 0.422. The fraction of sp³-hybridized carbons (Fsp3) is 0.333. The third kappa shape index (κ3) is 4.73. The molecule has 9 heteroatoms. The summed E-state index contributed by atoms with van der Waals surface area (Å²) >= 11 is 0. The summed E-state index contributed by atoms with van der Waals surface area (Å²) in [5, 5.41) is 27.6. The van der Waals surface area contributed by atoms with E-state index in [1.54, 1.807) is 16.8 Å². The van der Waals surface area contributed by atoms with Gasteiger partial charge in [0.15, 0.2) is 5.82 Å². The van der Waals surface area contributed by atoms with Crippen molar-refractivity contribution in [3.05, 3.63) is 54.2 Å². The highest BCUT2D eigenvalue weighted by Gasteiger charge is 2.22. The lowest BCUT2D eigenvalue weighted by atomic mass is 9.95. The molecule has 1 saturated carbocycles. The molecule has 4 aromatic rings. The highest BCUT2D eigenvalue weighted by molar-refractivity contribution is 5.75. The van der Waals surface area contributed by atoms with Crippen LogP contribution >= 0.6 is 0 Å². The number of ether oxygens (including phenoxy) is 1. The van der Waals surface area contributed by atoms with Crippen LogP contribution in [0.25, 0.3) is 16.6 Å². The fourth-order valence-corrected chi connectivity index (χ4v) is 4.23. The summed E-state index contributed by atoms with van der Waals surface area (Å²) in [7, 11) is 0.